The Balaban J connectivity index is 1.76. The van der Waals surface area contributed by atoms with Crippen molar-refractivity contribution in [3.63, 3.8) is 0 Å². The lowest BCUT2D eigenvalue weighted by Gasteiger charge is -2.14. The molecule has 2 unspecified atom stereocenters. The maximum atomic E-state index is 12.8. The molecular formula is C15H16FN3O5. The van der Waals surface area contributed by atoms with Crippen LogP contribution in [0.25, 0.3) is 0 Å². The molecule has 24 heavy (non-hydrogen) atoms. The third-order valence-electron chi connectivity index (χ3n) is 3.28. The second kappa shape index (κ2) is 7.53. The SMILES string of the molecule is CC(OC(=O)CCC1NC(=O)NC1=O)C(=O)Nc1ccc(F)cc1. The third-order valence-corrected chi connectivity index (χ3v) is 3.28. The first-order chi connectivity index (χ1) is 11.3. The van der Waals surface area contributed by atoms with E-state index in [-0.39, 0.29) is 12.8 Å². The van der Waals surface area contributed by atoms with Crippen molar-refractivity contribution in [1.29, 1.82) is 0 Å². The third kappa shape index (κ3) is 4.77. The van der Waals surface area contributed by atoms with Crippen LogP contribution in [0.15, 0.2) is 24.3 Å². The second-order valence-electron chi connectivity index (χ2n) is 5.18. The van der Waals surface area contributed by atoms with E-state index in [1.54, 1.807) is 0 Å². The molecule has 1 fully saturated rings. The summed E-state index contributed by atoms with van der Waals surface area (Å²) in [4.78, 5) is 45.8. The van der Waals surface area contributed by atoms with Gasteiger partial charge in [-0.3, -0.25) is 19.7 Å². The zero-order chi connectivity index (χ0) is 17.7. The molecule has 128 valence electrons. The second-order valence-corrected chi connectivity index (χ2v) is 5.18. The molecule has 0 radical (unpaired) electrons. The Morgan fingerprint density at radius 3 is 2.54 bits per heavy atom. The summed E-state index contributed by atoms with van der Waals surface area (Å²) < 4.78 is 17.7. The van der Waals surface area contributed by atoms with E-state index in [1.807, 2.05) is 5.32 Å². The number of ether oxygens (including phenoxy) is 1. The van der Waals surface area contributed by atoms with Crippen molar-refractivity contribution in [3.05, 3.63) is 30.1 Å². The van der Waals surface area contributed by atoms with Crippen LogP contribution in [0.3, 0.4) is 0 Å². The van der Waals surface area contributed by atoms with Gasteiger partial charge in [0.05, 0.1) is 0 Å². The highest BCUT2D eigenvalue weighted by Crippen LogP contribution is 2.10. The van der Waals surface area contributed by atoms with E-state index in [2.05, 4.69) is 10.6 Å². The van der Waals surface area contributed by atoms with Gasteiger partial charge in [0.2, 0.25) is 0 Å². The van der Waals surface area contributed by atoms with Gasteiger partial charge in [0.25, 0.3) is 11.8 Å². The summed E-state index contributed by atoms with van der Waals surface area (Å²) in [5.74, 6) is -2.18. The largest absolute Gasteiger partial charge is 0.453 e. The summed E-state index contributed by atoms with van der Waals surface area (Å²) >= 11 is 0. The lowest BCUT2D eigenvalue weighted by molar-refractivity contribution is -0.153. The van der Waals surface area contributed by atoms with E-state index in [1.165, 1.54) is 31.2 Å². The average Bonchev–Trinajstić information content (AvgIpc) is 2.85. The topological polar surface area (TPSA) is 114 Å². The Kier molecular flexibility index (Phi) is 5.46. The van der Waals surface area contributed by atoms with Crippen molar-refractivity contribution in [2.45, 2.75) is 31.9 Å². The number of urea groups is 1. The maximum Gasteiger partial charge on any atom is 0.322 e. The van der Waals surface area contributed by atoms with Crippen molar-refractivity contribution < 1.29 is 28.3 Å². The zero-order valence-electron chi connectivity index (χ0n) is 12.8. The molecule has 4 amide bonds. The molecule has 1 heterocycles. The van der Waals surface area contributed by atoms with Gasteiger partial charge in [0.1, 0.15) is 11.9 Å². The normalized spacial score (nSPS) is 17.7. The van der Waals surface area contributed by atoms with Crippen LogP contribution in [-0.2, 0) is 19.1 Å². The van der Waals surface area contributed by atoms with Gasteiger partial charge in [-0.2, -0.15) is 0 Å². The summed E-state index contributed by atoms with van der Waals surface area (Å²) in [6.07, 6.45) is -1.12. The quantitative estimate of drug-likeness (QED) is 0.522. The minimum atomic E-state index is -1.06. The minimum absolute atomic E-state index is 0.0721. The Morgan fingerprint density at radius 1 is 1.29 bits per heavy atom. The average molecular weight is 337 g/mol. The molecule has 0 saturated carbocycles. The number of nitrogens with one attached hydrogen (secondary N) is 3. The van der Waals surface area contributed by atoms with Crippen molar-refractivity contribution in [3.8, 4) is 0 Å². The lowest BCUT2D eigenvalue weighted by atomic mass is 10.1. The molecule has 2 rings (SSSR count). The molecule has 2 atom stereocenters. The summed E-state index contributed by atoms with van der Waals surface area (Å²) in [7, 11) is 0. The number of carbonyl (C=O) groups is 4. The smallest absolute Gasteiger partial charge is 0.322 e. The van der Waals surface area contributed by atoms with Crippen LogP contribution in [0.1, 0.15) is 19.8 Å². The van der Waals surface area contributed by atoms with E-state index in [0.717, 1.165) is 0 Å². The van der Waals surface area contributed by atoms with Crippen LogP contribution < -0.4 is 16.0 Å². The predicted molar refractivity (Wildman–Crippen MR) is 80.3 cm³/mol. The first-order valence-electron chi connectivity index (χ1n) is 7.22. The molecule has 0 bridgehead atoms. The van der Waals surface area contributed by atoms with Crippen molar-refractivity contribution >= 4 is 29.5 Å². The predicted octanol–water partition coefficient (Wildman–Crippen LogP) is 0.684. The molecule has 0 spiro atoms. The molecule has 1 aromatic rings. The summed E-state index contributed by atoms with van der Waals surface area (Å²) in [5, 5.41) is 6.88. The number of hydrogen-bond donors (Lipinski definition) is 3. The molecule has 0 aromatic heterocycles. The van der Waals surface area contributed by atoms with E-state index < -0.39 is 41.8 Å². The van der Waals surface area contributed by atoms with Gasteiger partial charge in [0.15, 0.2) is 6.10 Å². The molecule has 3 N–H and O–H groups in total. The number of amides is 4. The minimum Gasteiger partial charge on any atom is -0.453 e. The number of rotatable bonds is 6. The highest BCUT2D eigenvalue weighted by atomic mass is 19.1. The number of halogens is 1. The van der Waals surface area contributed by atoms with Crippen molar-refractivity contribution in [1.82, 2.24) is 10.6 Å². The Bertz CT molecular complexity index is 662. The van der Waals surface area contributed by atoms with Gasteiger partial charge < -0.3 is 15.4 Å². The number of carbonyl (C=O) groups excluding carboxylic acids is 4. The zero-order valence-corrected chi connectivity index (χ0v) is 12.8. The van der Waals surface area contributed by atoms with Gasteiger partial charge >= 0.3 is 12.0 Å². The van der Waals surface area contributed by atoms with Crippen LogP contribution in [-0.4, -0.2) is 36.0 Å². The standard InChI is InChI=1S/C15H16FN3O5/c1-8(13(21)17-10-4-2-9(16)3-5-10)24-12(20)7-6-11-14(22)19-15(23)18-11/h2-5,8,11H,6-7H2,1H3,(H,17,21)(H2,18,19,22,23). The Labute approximate surface area is 136 Å². The van der Waals surface area contributed by atoms with E-state index in [9.17, 15) is 23.6 Å². The first kappa shape index (κ1) is 17.4. The van der Waals surface area contributed by atoms with Crippen molar-refractivity contribution in [2.24, 2.45) is 0 Å². The fraction of sp³-hybridized carbons (Fsp3) is 0.333. The molecule has 8 nitrogen and oxygen atoms in total. The van der Waals surface area contributed by atoms with Crippen LogP contribution in [0.5, 0.6) is 0 Å². The van der Waals surface area contributed by atoms with Crippen LogP contribution in [0.4, 0.5) is 14.9 Å². The van der Waals surface area contributed by atoms with Gasteiger partial charge in [-0.1, -0.05) is 0 Å². The summed E-state index contributed by atoms with van der Waals surface area (Å²) in [6, 6.07) is 3.74. The van der Waals surface area contributed by atoms with Gasteiger partial charge in [-0.05, 0) is 37.6 Å². The number of hydrogen-bond acceptors (Lipinski definition) is 5. The summed E-state index contributed by atoms with van der Waals surface area (Å²) in [5.41, 5.74) is 0.370. The van der Waals surface area contributed by atoms with Gasteiger partial charge in [0, 0.05) is 12.1 Å². The lowest BCUT2D eigenvalue weighted by Crippen LogP contribution is -2.32. The molecule has 1 aliphatic heterocycles. The molecular weight excluding hydrogens is 321 g/mol. The van der Waals surface area contributed by atoms with E-state index in [0.29, 0.717) is 5.69 Å². The highest BCUT2D eigenvalue weighted by Gasteiger charge is 2.30. The number of anilines is 1. The molecule has 1 saturated heterocycles. The highest BCUT2D eigenvalue weighted by molar-refractivity contribution is 6.04. The fourth-order valence-electron chi connectivity index (χ4n) is 2.01. The number of esters is 1. The first-order valence-corrected chi connectivity index (χ1v) is 7.22. The van der Waals surface area contributed by atoms with E-state index >= 15 is 0 Å². The Hall–Kier alpha value is -2.97. The summed E-state index contributed by atoms with van der Waals surface area (Å²) in [6.45, 7) is 1.39. The fourth-order valence-corrected chi connectivity index (χ4v) is 2.01. The van der Waals surface area contributed by atoms with Gasteiger partial charge in [-0.25, -0.2) is 9.18 Å². The van der Waals surface area contributed by atoms with Crippen LogP contribution in [0, 0.1) is 5.82 Å². The van der Waals surface area contributed by atoms with E-state index in [4.69, 9.17) is 4.74 Å². The Morgan fingerprint density at radius 2 is 1.96 bits per heavy atom. The maximum absolute atomic E-state index is 12.8. The molecule has 1 aliphatic rings. The van der Waals surface area contributed by atoms with Crippen LogP contribution in [0.2, 0.25) is 0 Å². The molecule has 0 aliphatic carbocycles. The molecule has 9 heteroatoms. The van der Waals surface area contributed by atoms with Crippen LogP contribution >= 0.6 is 0 Å². The number of benzene rings is 1. The molecule has 1 aromatic carbocycles. The van der Waals surface area contributed by atoms with Gasteiger partial charge in [-0.15, -0.1) is 0 Å². The van der Waals surface area contributed by atoms with Crippen molar-refractivity contribution in [2.75, 3.05) is 5.32 Å². The monoisotopic (exact) mass is 337 g/mol. The number of imide groups is 1.